The predicted octanol–water partition coefficient (Wildman–Crippen LogP) is 4.00. The number of fused-ring (bicyclic) bond motifs is 1. The minimum Gasteiger partial charge on any atom is -0.444 e. The zero-order chi connectivity index (χ0) is 22.8. The van der Waals surface area contributed by atoms with E-state index in [0.717, 1.165) is 5.56 Å². The highest BCUT2D eigenvalue weighted by Gasteiger charge is 2.29. The summed E-state index contributed by atoms with van der Waals surface area (Å²) in [5.74, 6) is 2.93. The number of benzene rings is 1. The molecule has 1 aromatic carbocycles. The lowest BCUT2D eigenvalue weighted by Crippen LogP contribution is -2.43. The molecule has 1 atom stereocenters. The number of hydrogen-bond acceptors (Lipinski definition) is 5. The highest BCUT2D eigenvalue weighted by molar-refractivity contribution is 6.30. The van der Waals surface area contributed by atoms with Crippen molar-refractivity contribution in [2.24, 2.45) is 0 Å². The Morgan fingerprint density at radius 2 is 2.03 bits per heavy atom. The summed E-state index contributed by atoms with van der Waals surface area (Å²) in [5, 5.41) is 3.95. The van der Waals surface area contributed by atoms with Gasteiger partial charge in [-0.3, -0.25) is 9.36 Å². The number of halogens is 1. The molecule has 0 bridgehead atoms. The number of nitrogens with zero attached hydrogens (tertiary/aromatic N) is 3. The standard InChI is InChI=1S/C23H27ClN4O3/c1-6-12-28-20(29)18-14-27(22(30)31-23(3,4)5)13-11-19(18)26-21(28)25-15(2)16-7-9-17(24)10-8-16/h1,7-10,15H,11-14H2,2-5H3,(H,25,26)/t15-/m0/s1. The van der Waals surface area contributed by atoms with Crippen molar-refractivity contribution in [3.8, 4) is 12.3 Å². The van der Waals surface area contributed by atoms with E-state index in [1.807, 2.05) is 52.0 Å². The van der Waals surface area contributed by atoms with Gasteiger partial charge in [-0.15, -0.1) is 6.42 Å². The maximum absolute atomic E-state index is 13.2. The fourth-order valence-electron chi connectivity index (χ4n) is 3.37. The normalized spacial score (nSPS) is 14.4. The van der Waals surface area contributed by atoms with Crippen LogP contribution in [0.1, 0.15) is 50.6 Å². The van der Waals surface area contributed by atoms with E-state index in [1.54, 1.807) is 0 Å². The molecule has 2 heterocycles. The molecule has 1 aromatic heterocycles. The summed E-state index contributed by atoms with van der Waals surface area (Å²) in [6.45, 7) is 8.05. The molecule has 0 unspecified atom stereocenters. The maximum Gasteiger partial charge on any atom is 0.410 e. The average molecular weight is 443 g/mol. The Bertz CT molecular complexity index is 1060. The van der Waals surface area contributed by atoms with Crippen molar-refractivity contribution in [1.29, 1.82) is 0 Å². The number of rotatable bonds is 4. The number of ether oxygens (including phenoxy) is 1. The molecule has 1 amide bonds. The Morgan fingerprint density at radius 1 is 1.35 bits per heavy atom. The molecule has 31 heavy (non-hydrogen) atoms. The molecule has 3 rings (SSSR count). The number of terminal acetylenes is 1. The SMILES string of the molecule is C#CCn1c(N[C@@H](C)c2ccc(Cl)cc2)nc2c(c1=O)CN(C(=O)OC(C)(C)C)CC2. The number of nitrogens with one attached hydrogen (secondary N) is 1. The van der Waals surface area contributed by atoms with Crippen LogP contribution in [0, 0.1) is 12.3 Å². The predicted molar refractivity (Wildman–Crippen MR) is 121 cm³/mol. The van der Waals surface area contributed by atoms with Crippen LogP contribution in [0.15, 0.2) is 29.1 Å². The Labute approximate surface area is 187 Å². The van der Waals surface area contributed by atoms with Crippen molar-refractivity contribution in [3.63, 3.8) is 0 Å². The molecule has 1 aliphatic heterocycles. The topological polar surface area (TPSA) is 76.5 Å². The van der Waals surface area contributed by atoms with Gasteiger partial charge < -0.3 is 15.0 Å². The van der Waals surface area contributed by atoms with E-state index in [4.69, 9.17) is 27.7 Å². The molecule has 2 aromatic rings. The zero-order valence-corrected chi connectivity index (χ0v) is 19.0. The van der Waals surface area contributed by atoms with E-state index in [-0.39, 0.29) is 24.7 Å². The van der Waals surface area contributed by atoms with Crippen LogP contribution < -0.4 is 10.9 Å². The van der Waals surface area contributed by atoms with Crippen LogP contribution in [0.4, 0.5) is 10.7 Å². The van der Waals surface area contributed by atoms with Crippen LogP contribution in [-0.2, 0) is 24.2 Å². The van der Waals surface area contributed by atoms with Gasteiger partial charge in [-0.05, 0) is 45.4 Å². The fraction of sp³-hybridized carbons (Fsp3) is 0.435. The second-order valence-corrected chi connectivity index (χ2v) is 8.96. The molecule has 8 heteroatoms. The van der Waals surface area contributed by atoms with Crippen LogP contribution >= 0.6 is 11.6 Å². The number of carbonyl (C=O) groups excluding carboxylic acids is 1. The van der Waals surface area contributed by atoms with Gasteiger partial charge in [0, 0.05) is 18.0 Å². The summed E-state index contributed by atoms with van der Waals surface area (Å²) >= 11 is 5.98. The average Bonchev–Trinajstić information content (AvgIpc) is 2.70. The second-order valence-electron chi connectivity index (χ2n) is 8.53. The van der Waals surface area contributed by atoms with E-state index in [2.05, 4.69) is 11.2 Å². The van der Waals surface area contributed by atoms with Gasteiger partial charge >= 0.3 is 6.09 Å². The largest absolute Gasteiger partial charge is 0.444 e. The molecule has 0 aliphatic carbocycles. The molecule has 0 spiro atoms. The van der Waals surface area contributed by atoms with E-state index >= 15 is 0 Å². The zero-order valence-electron chi connectivity index (χ0n) is 18.2. The third kappa shape index (κ3) is 5.39. The van der Waals surface area contributed by atoms with Crippen molar-refractivity contribution in [3.05, 3.63) is 56.5 Å². The number of amides is 1. The van der Waals surface area contributed by atoms with Crippen LogP contribution in [0.25, 0.3) is 0 Å². The van der Waals surface area contributed by atoms with Crippen molar-refractivity contribution in [1.82, 2.24) is 14.5 Å². The van der Waals surface area contributed by atoms with Gasteiger partial charge in [-0.2, -0.15) is 0 Å². The Morgan fingerprint density at radius 3 is 2.65 bits per heavy atom. The van der Waals surface area contributed by atoms with Crippen molar-refractivity contribution >= 4 is 23.6 Å². The molecule has 0 saturated carbocycles. The maximum atomic E-state index is 13.2. The Balaban J connectivity index is 1.90. The second kappa shape index (κ2) is 9.03. The van der Waals surface area contributed by atoms with Gasteiger partial charge in [0.1, 0.15) is 5.60 Å². The van der Waals surface area contributed by atoms with Gasteiger partial charge in [-0.25, -0.2) is 9.78 Å². The first-order valence-electron chi connectivity index (χ1n) is 10.1. The molecule has 0 radical (unpaired) electrons. The highest BCUT2D eigenvalue weighted by Crippen LogP contribution is 2.23. The lowest BCUT2D eigenvalue weighted by atomic mass is 10.1. The first-order chi connectivity index (χ1) is 14.6. The highest BCUT2D eigenvalue weighted by atomic mass is 35.5. The van der Waals surface area contributed by atoms with E-state index in [9.17, 15) is 9.59 Å². The molecular formula is C23H27ClN4O3. The van der Waals surface area contributed by atoms with Crippen molar-refractivity contribution < 1.29 is 9.53 Å². The number of hydrogen-bond donors (Lipinski definition) is 1. The number of anilines is 1. The summed E-state index contributed by atoms with van der Waals surface area (Å²) in [6.07, 6.45) is 5.53. The van der Waals surface area contributed by atoms with E-state index in [0.29, 0.717) is 35.2 Å². The van der Waals surface area contributed by atoms with Crippen LogP contribution in [-0.4, -0.2) is 32.7 Å². The van der Waals surface area contributed by atoms with Gasteiger partial charge in [0.2, 0.25) is 5.95 Å². The number of carbonyl (C=O) groups is 1. The quantitative estimate of drug-likeness (QED) is 0.724. The summed E-state index contributed by atoms with van der Waals surface area (Å²) in [4.78, 5) is 31.9. The molecule has 1 N–H and O–H groups in total. The summed E-state index contributed by atoms with van der Waals surface area (Å²) in [7, 11) is 0. The summed E-state index contributed by atoms with van der Waals surface area (Å²) in [5.41, 5.74) is 1.29. The van der Waals surface area contributed by atoms with Gasteiger partial charge in [0.15, 0.2) is 0 Å². The van der Waals surface area contributed by atoms with Gasteiger partial charge in [-0.1, -0.05) is 29.7 Å². The van der Waals surface area contributed by atoms with E-state index < -0.39 is 11.7 Å². The van der Waals surface area contributed by atoms with Crippen molar-refractivity contribution in [2.45, 2.75) is 58.8 Å². The summed E-state index contributed by atoms with van der Waals surface area (Å²) < 4.78 is 6.88. The Hall–Kier alpha value is -2.98. The van der Waals surface area contributed by atoms with E-state index in [1.165, 1.54) is 9.47 Å². The lowest BCUT2D eigenvalue weighted by molar-refractivity contribution is 0.0221. The third-order valence-electron chi connectivity index (χ3n) is 4.93. The minimum atomic E-state index is -0.606. The van der Waals surface area contributed by atoms with Crippen molar-refractivity contribution in [2.75, 3.05) is 11.9 Å². The van der Waals surface area contributed by atoms with Crippen LogP contribution in [0.3, 0.4) is 0 Å². The third-order valence-corrected chi connectivity index (χ3v) is 5.18. The molecule has 164 valence electrons. The first kappa shape index (κ1) is 22.7. The molecule has 1 aliphatic rings. The summed E-state index contributed by atoms with van der Waals surface area (Å²) in [6, 6.07) is 7.35. The first-order valence-corrected chi connectivity index (χ1v) is 10.5. The Kier molecular flexibility index (Phi) is 6.61. The van der Waals surface area contributed by atoms with Gasteiger partial charge in [0.05, 0.1) is 30.4 Å². The minimum absolute atomic E-state index is 0.0707. The molecule has 7 nitrogen and oxygen atoms in total. The van der Waals surface area contributed by atoms with Crippen LogP contribution in [0.2, 0.25) is 5.02 Å². The monoisotopic (exact) mass is 442 g/mol. The smallest absolute Gasteiger partial charge is 0.410 e. The lowest BCUT2D eigenvalue weighted by Gasteiger charge is -2.31. The fourth-order valence-corrected chi connectivity index (χ4v) is 3.50. The van der Waals surface area contributed by atoms with Crippen LogP contribution in [0.5, 0.6) is 0 Å². The van der Waals surface area contributed by atoms with Gasteiger partial charge in [0.25, 0.3) is 5.56 Å². The number of aromatic nitrogens is 2. The molecular weight excluding hydrogens is 416 g/mol. The molecule has 0 saturated heterocycles. The molecule has 0 fully saturated rings.